The summed E-state index contributed by atoms with van der Waals surface area (Å²) in [5.74, 6) is 1.80. The van der Waals surface area contributed by atoms with Crippen LogP contribution >= 0.6 is 0 Å². The number of hydrogen-bond acceptors (Lipinski definition) is 6. The molecule has 0 aromatic carbocycles. The lowest BCUT2D eigenvalue weighted by molar-refractivity contribution is -0.130. The van der Waals surface area contributed by atoms with Gasteiger partial charge in [-0.2, -0.15) is 4.98 Å². The van der Waals surface area contributed by atoms with E-state index in [0.717, 1.165) is 31.6 Å². The number of aromatic nitrogens is 2. The molecular formula is C19H31N5O4. The molecule has 1 unspecified atom stereocenters. The van der Waals surface area contributed by atoms with E-state index in [2.05, 4.69) is 15.5 Å². The van der Waals surface area contributed by atoms with Crippen LogP contribution in [0.1, 0.15) is 56.7 Å². The summed E-state index contributed by atoms with van der Waals surface area (Å²) in [5, 5.41) is 6.96. The second-order valence-corrected chi connectivity index (χ2v) is 7.61. The van der Waals surface area contributed by atoms with Gasteiger partial charge in [0.2, 0.25) is 11.8 Å². The number of methoxy groups -OCH3 is 1. The van der Waals surface area contributed by atoms with Gasteiger partial charge in [-0.25, -0.2) is 4.79 Å². The Morgan fingerprint density at radius 1 is 1.36 bits per heavy atom. The number of ether oxygens (including phenoxy) is 1. The minimum absolute atomic E-state index is 0.00932. The summed E-state index contributed by atoms with van der Waals surface area (Å²) in [6, 6.07) is -0.0503. The largest absolute Gasteiger partial charge is 0.385 e. The van der Waals surface area contributed by atoms with Crippen LogP contribution in [0.3, 0.4) is 0 Å². The van der Waals surface area contributed by atoms with Crippen LogP contribution in [-0.4, -0.2) is 77.8 Å². The first kappa shape index (κ1) is 20.6. The monoisotopic (exact) mass is 393 g/mol. The van der Waals surface area contributed by atoms with Crippen LogP contribution in [0.4, 0.5) is 4.79 Å². The van der Waals surface area contributed by atoms with Crippen LogP contribution < -0.4 is 5.32 Å². The predicted molar refractivity (Wildman–Crippen MR) is 102 cm³/mol. The lowest BCUT2D eigenvalue weighted by atomic mass is 9.85. The molecule has 2 aliphatic rings. The van der Waals surface area contributed by atoms with E-state index in [4.69, 9.17) is 9.26 Å². The number of carbonyl (C=O) groups excluding carboxylic acids is 2. The summed E-state index contributed by atoms with van der Waals surface area (Å²) in [7, 11) is 1.64. The Hall–Kier alpha value is -2.16. The van der Waals surface area contributed by atoms with Crippen LogP contribution in [-0.2, 0) is 16.0 Å². The third-order valence-electron chi connectivity index (χ3n) is 5.61. The molecule has 1 N–H and O–H groups in total. The SMILES string of the molecule is COCCCNC(=O)N1CCC(N(CCc2noc(C3CCC3)n2)C(C)=O)C1. The van der Waals surface area contributed by atoms with E-state index in [0.29, 0.717) is 50.9 Å². The van der Waals surface area contributed by atoms with Gasteiger partial charge >= 0.3 is 6.03 Å². The highest BCUT2D eigenvalue weighted by Crippen LogP contribution is 2.35. The maximum absolute atomic E-state index is 12.3. The smallest absolute Gasteiger partial charge is 0.317 e. The fraction of sp³-hybridized carbons (Fsp3) is 0.789. The lowest BCUT2D eigenvalue weighted by Gasteiger charge is -2.27. The van der Waals surface area contributed by atoms with Crippen molar-refractivity contribution in [1.29, 1.82) is 0 Å². The van der Waals surface area contributed by atoms with Gasteiger partial charge in [0.15, 0.2) is 5.82 Å². The molecule has 28 heavy (non-hydrogen) atoms. The average molecular weight is 393 g/mol. The Bertz CT molecular complexity index is 661. The van der Waals surface area contributed by atoms with E-state index >= 15 is 0 Å². The predicted octanol–water partition coefficient (Wildman–Crippen LogP) is 1.55. The third kappa shape index (κ3) is 5.21. The summed E-state index contributed by atoms with van der Waals surface area (Å²) in [6.45, 7) is 4.52. The standard InChI is InChI=1S/C19H31N5O4/c1-14(25)24(11-8-17-21-18(28-22-17)15-5-3-6-15)16-7-10-23(13-16)19(26)20-9-4-12-27-2/h15-16H,3-13H2,1-2H3,(H,20,26). The van der Waals surface area contributed by atoms with E-state index in [1.807, 2.05) is 4.90 Å². The number of nitrogens with zero attached hydrogens (tertiary/aromatic N) is 4. The summed E-state index contributed by atoms with van der Waals surface area (Å²) in [5.41, 5.74) is 0. The Morgan fingerprint density at radius 2 is 2.18 bits per heavy atom. The number of rotatable bonds is 9. The Balaban J connectivity index is 1.46. The Kier molecular flexibility index (Phi) is 7.24. The topological polar surface area (TPSA) is 101 Å². The fourth-order valence-electron chi connectivity index (χ4n) is 3.71. The lowest BCUT2D eigenvalue weighted by Crippen LogP contribution is -2.44. The highest BCUT2D eigenvalue weighted by Gasteiger charge is 2.32. The Labute approximate surface area is 165 Å². The van der Waals surface area contributed by atoms with Crippen LogP contribution in [0.5, 0.6) is 0 Å². The molecule has 1 aliphatic heterocycles. The molecule has 1 aromatic rings. The molecule has 0 bridgehead atoms. The summed E-state index contributed by atoms with van der Waals surface area (Å²) < 4.78 is 10.3. The maximum atomic E-state index is 12.3. The first-order chi connectivity index (χ1) is 13.6. The van der Waals surface area contributed by atoms with Crippen LogP contribution in [0.2, 0.25) is 0 Å². The van der Waals surface area contributed by atoms with Gasteiger partial charge in [0.25, 0.3) is 0 Å². The second-order valence-electron chi connectivity index (χ2n) is 7.61. The molecule has 9 heteroatoms. The Morgan fingerprint density at radius 3 is 2.86 bits per heavy atom. The normalized spacial score (nSPS) is 19.5. The molecule has 1 saturated heterocycles. The number of nitrogens with one attached hydrogen (secondary N) is 1. The van der Waals surface area contributed by atoms with E-state index in [9.17, 15) is 9.59 Å². The van der Waals surface area contributed by atoms with Crippen molar-refractivity contribution in [1.82, 2.24) is 25.3 Å². The number of amides is 3. The molecule has 1 aromatic heterocycles. The van der Waals surface area contributed by atoms with Crippen molar-refractivity contribution in [2.45, 2.75) is 57.4 Å². The molecule has 2 fully saturated rings. The summed E-state index contributed by atoms with van der Waals surface area (Å²) in [4.78, 5) is 32.5. The van der Waals surface area contributed by atoms with Crippen molar-refractivity contribution in [3.63, 3.8) is 0 Å². The number of likely N-dealkylation sites (tertiary alicyclic amines) is 1. The zero-order valence-corrected chi connectivity index (χ0v) is 16.9. The highest BCUT2D eigenvalue weighted by atomic mass is 16.5. The van der Waals surface area contributed by atoms with E-state index in [-0.39, 0.29) is 18.0 Å². The van der Waals surface area contributed by atoms with Gasteiger partial charge in [0.1, 0.15) is 0 Å². The third-order valence-corrected chi connectivity index (χ3v) is 5.61. The fourth-order valence-corrected chi connectivity index (χ4v) is 3.71. The highest BCUT2D eigenvalue weighted by molar-refractivity contribution is 5.76. The van der Waals surface area contributed by atoms with Crippen LogP contribution in [0.25, 0.3) is 0 Å². The molecule has 3 amide bonds. The molecular weight excluding hydrogens is 362 g/mol. The van der Waals surface area contributed by atoms with E-state index in [1.54, 1.807) is 18.9 Å². The van der Waals surface area contributed by atoms with Gasteiger partial charge in [-0.1, -0.05) is 11.6 Å². The number of carbonyl (C=O) groups is 2. The van der Waals surface area contributed by atoms with Gasteiger partial charge in [0, 0.05) is 59.2 Å². The number of urea groups is 1. The minimum Gasteiger partial charge on any atom is -0.385 e. The van der Waals surface area contributed by atoms with Crippen molar-refractivity contribution >= 4 is 11.9 Å². The molecule has 0 spiro atoms. The quantitative estimate of drug-likeness (QED) is 0.639. The van der Waals surface area contributed by atoms with E-state index in [1.165, 1.54) is 6.42 Å². The molecule has 9 nitrogen and oxygen atoms in total. The molecule has 156 valence electrons. The van der Waals surface area contributed by atoms with Crippen LogP contribution in [0, 0.1) is 0 Å². The van der Waals surface area contributed by atoms with Crippen molar-refractivity contribution in [3.8, 4) is 0 Å². The van der Waals surface area contributed by atoms with Crippen molar-refractivity contribution in [3.05, 3.63) is 11.7 Å². The van der Waals surface area contributed by atoms with Crippen molar-refractivity contribution in [2.75, 3.05) is 39.9 Å². The van der Waals surface area contributed by atoms with Gasteiger partial charge in [-0.15, -0.1) is 0 Å². The zero-order chi connectivity index (χ0) is 19.9. The average Bonchev–Trinajstić information content (AvgIpc) is 3.27. The minimum atomic E-state index is -0.0783. The molecule has 3 rings (SSSR count). The van der Waals surface area contributed by atoms with E-state index < -0.39 is 0 Å². The summed E-state index contributed by atoms with van der Waals surface area (Å²) >= 11 is 0. The van der Waals surface area contributed by atoms with Gasteiger partial charge in [0.05, 0.1) is 6.04 Å². The molecule has 0 radical (unpaired) electrons. The van der Waals surface area contributed by atoms with Crippen molar-refractivity contribution in [2.24, 2.45) is 0 Å². The molecule has 2 heterocycles. The van der Waals surface area contributed by atoms with Gasteiger partial charge in [-0.3, -0.25) is 4.79 Å². The van der Waals surface area contributed by atoms with Gasteiger partial charge < -0.3 is 24.4 Å². The first-order valence-electron chi connectivity index (χ1n) is 10.2. The van der Waals surface area contributed by atoms with Crippen LogP contribution in [0.15, 0.2) is 4.52 Å². The molecule has 1 atom stereocenters. The maximum Gasteiger partial charge on any atom is 0.317 e. The molecule has 1 aliphatic carbocycles. The molecule has 1 saturated carbocycles. The number of hydrogen-bond donors (Lipinski definition) is 1. The summed E-state index contributed by atoms with van der Waals surface area (Å²) in [6.07, 6.45) is 5.59. The van der Waals surface area contributed by atoms with Crippen molar-refractivity contribution < 1.29 is 18.8 Å². The zero-order valence-electron chi connectivity index (χ0n) is 16.9. The first-order valence-corrected chi connectivity index (χ1v) is 10.2. The van der Waals surface area contributed by atoms with Gasteiger partial charge in [-0.05, 0) is 25.7 Å². The second kappa shape index (κ2) is 9.86.